The second-order valence-corrected chi connectivity index (χ2v) is 4.16. The summed E-state index contributed by atoms with van der Waals surface area (Å²) in [7, 11) is 0. The SMILES string of the molecule is CC(C)CN1CCOc2ccccc21. The largest absolute Gasteiger partial charge is 0.490 e. The van der Waals surface area contributed by atoms with Crippen molar-refractivity contribution in [1.29, 1.82) is 0 Å². The van der Waals surface area contributed by atoms with E-state index in [4.69, 9.17) is 4.74 Å². The minimum atomic E-state index is 0.696. The molecule has 0 saturated carbocycles. The fraction of sp³-hybridized carbons (Fsp3) is 0.500. The van der Waals surface area contributed by atoms with Crippen molar-refractivity contribution in [2.45, 2.75) is 13.8 Å². The van der Waals surface area contributed by atoms with Crippen LogP contribution in [0.25, 0.3) is 0 Å². The maximum atomic E-state index is 5.59. The summed E-state index contributed by atoms with van der Waals surface area (Å²) in [4.78, 5) is 2.41. The molecule has 2 nitrogen and oxygen atoms in total. The van der Waals surface area contributed by atoms with Gasteiger partial charge in [0.15, 0.2) is 0 Å². The van der Waals surface area contributed by atoms with Gasteiger partial charge in [-0.15, -0.1) is 0 Å². The summed E-state index contributed by atoms with van der Waals surface area (Å²) in [6, 6.07) is 8.28. The van der Waals surface area contributed by atoms with Crippen LogP contribution < -0.4 is 9.64 Å². The van der Waals surface area contributed by atoms with Gasteiger partial charge in [-0.05, 0) is 18.1 Å². The molecule has 2 rings (SSSR count). The van der Waals surface area contributed by atoms with Gasteiger partial charge in [-0.1, -0.05) is 26.0 Å². The van der Waals surface area contributed by atoms with Gasteiger partial charge in [-0.25, -0.2) is 0 Å². The Hall–Kier alpha value is -1.18. The van der Waals surface area contributed by atoms with Crippen molar-refractivity contribution in [3.63, 3.8) is 0 Å². The molecule has 0 atom stereocenters. The van der Waals surface area contributed by atoms with Crippen molar-refractivity contribution < 1.29 is 4.74 Å². The Balaban J connectivity index is 2.22. The lowest BCUT2D eigenvalue weighted by Crippen LogP contribution is -2.35. The van der Waals surface area contributed by atoms with Crippen LogP contribution in [0.2, 0.25) is 0 Å². The molecular formula is C12H17NO. The monoisotopic (exact) mass is 191 g/mol. The lowest BCUT2D eigenvalue weighted by molar-refractivity contribution is 0.304. The molecule has 0 spiro atoms. The normalized spacial score (nSPS) is 15.2. The van der Waals surface area contributed by atoms with E-state index in [2.05, 4.69) is 30.9 Å². The molecule has 2 heteroatoms. The zero-order valence-electron chi connectivity index (χ0n) is 8.86. The average molecular weight is 191 g/mol. The highest BCUT2D eigenvalue weighted by Gasteiger charge is 2.17. The molecule has 0 saturated heterocycles. The Kier molecular flexibility index (Phi) is 2.62. The zero-order valence-corrected chi connectivity index (χ0v) is 8.86. The van der Waals surface area contributed by atoms with Crippen LogP contribution in [0.1, 0.15) is 13.8 Å². The van der Waals surface area contributed by atoms with E-state index >= 15 is 0 Å². The molecule has 0 fully saturated rings. The highest BCUT2D eigenvalue weighted by atomic mass is 16.5. The van der Waals surface area contributed by atoms with Crippen LogP contribution in [0.3, 0.4) is 0 Å². The lowest BCUT2D eigenvalue weighted by Gasteiger charge is -2.32. The molecule has 0 aromatic heterocycles. The number of hydrogen-bond donors (Lipinski definition) is 0. The van der Waals surface area contributed by atoms with E-state index in [9.17, 15) is 0 Å². The molecule has 0 unspecified atom stereocenters. The van der Waals surface area contributed by atoms with Crippen LogP contribution in [0.5, 0.6) is 5.75 Å². The first-order valence-corrected chi connectivity index (χ1v) is 5.24. The zero-order chi connectivity index (χ0) is 9.97. The van der Waals surface area contributed by atoms with E-state index in [1.54, 1.807) is 0 Å². The summed E-state index contributed by atoms with van der Waals surface area (Å²) in [6.45, 7) is 7.43. The molecule has 14 heavy (non-hydrogen) atoms. The second kappa shape index (κ2) is 3.91. The minimum absolute atomic E-state index is 0.696. The second-order valence-electron chi connectivity index (χ2n) is 4.16. The molecule has 0 amide bonds. The molecular weight excluding hydrogens is 174 g/mol. The molecule has 0 bridgehead atoms. The summed E-state index contributed by atoms with van der Waals surface area (Å²) < 4.78 is 5.59. The fourth-order valence-corrected chi connectivity index (χ4v) is 1.86. The third-order valence-corrected chi connectivity index (χ3v) is 2.41. The average Bonchev–Trinajstić information content (AvgIpc) is 2.18. The maximum absolute atomic E-state index is 5.59. The molecule has 0 N–H and O–H groups in total. The summed E-state index contributed by atoms with van der Waals surface area (Å²) in [5.41, 5.74) is 1.24. The molecule has 1 aromatic rings. The summed E-state index contributed by atoms with van der Waals surface area (Å²) >= 11 is 0. The van der Waals surface area contributed by atoms with E-state index in [1.807, 2.05) is 12.1 Å². The van der Waals surface area contributed by atoms with Crippen LogP contribution in [0, 0.1) is 5.92 Å². The summed E-state index contributed by atoms with van der Waals surface area (Å²) in [6.07, 6.45) is 0. The van der Waals surface area contributed by atoms with Gasteiger partial charge >= 0.3 is 0 Å². The van der Waals surface area contributed by atoms with Crippen molar-refractivity contribution in [3.05, 3.63) is 24.3 Å². The number of para-hydroxylation sites is 2. The fourth-order valence-electron chi connectivity index (χ4n) is 1.86. The van der Waals surface area contributed by atoms with Gasteiger partial charge in [-0.3, -0.25) is 0 Å². The standard InChI is InChI=1S/C12H17NO/c1-10(2)9-13-7-8-14-12-6-4-3-5-11(12)13/h3-6,10H,7-9H2,1-2H3. The van der Waals surface area contributed by atoms with Gasteiger partial charge in [0.05, 0.1) is 12.2 Å². The highest BCUT2D eigenvalue weighted by molar-refractivity contribution is 5.59. The minimum Gasteiger partial charge on any atom is -0.490 e. The van der Waals surface area contributed by atoms with Crippen molar-refractivity contribution in [2.24, 2.45) is 5.92 Å². The predicted molar refractivity (Wildman–Crippen MR) is 59.0 cm³/mol. The number of rotatable bonds is 2. The van der Waals surface area contributed by atoms with Gasteiger partial charge < -0.3 is 9.64 Å². The molecule has 0 aliphatic carbocycles. The highest BCUT2D eigenvalue weighted by Crippen LogP contribution is 2.31. The van der Waals surface area contributed by atoms with E-state index < -0.39 is 0 Å². The molecule has 1 aliphatic heterocycles. The summed E-state index contributed by atoms with van der Waals surface area (Å²) in [5.74, 6) is 1.72. The Morgan fingerprint density at radius 3 is 2.93 bits per heavy atom. The van der Waals surface area contributed by atoms with E-state index in [0.29, 0.717) is 5.92 Å². The van der Waals surface area contributed by atoms with Crippen molar-refractivity contribution in [3.8, 4) is 5.75 Å². The Morgan fingerprint density at radius 2 is 2.14 bits per heavy atom. The smallest absolute Gasteiger partial charge is 0.142 e. The van der Waals surface area contributed by atoms with Crippen molar-refractivity contribution in [2.75, 3.05) is 24.6 Å². The first-order valence-electron chi connectivity index (χ1n) is 5.24. The molecule has 1 heterocycles. The number of anilines is 1. The van der Waals surface area contributed by atoms with Gasteiger partial charge in [0.1, 0.15) is 12.4 Å². The number of fused-ring (bicyclic) bond motifs is 1. The lowest BCUT2D eigenvalue weighted by atomic mass is 10.1. The molecule has 1 aromatic carbocycles. The third-order valence-electron chi connectivity index (χ3n) is 2.41. The van der Waals surface area contributed by atoms with Gasteiger partial charge in [0, 0.05) is 6.54 Å². The molecule has 76 valence electrons. The van der Waals surface area contributed by atoms with Crippen LogP contribution in [-0.2, 0) is 0 Å². The quantitative estimate of drug-likeness (QED) is 0.712. The van der Waals surface area contributed by atoms with Gasteiger partial charge in [-0.2, -0.15) is 0 Å². The van der Waals surface area contributed by atoms with Crippen molar-refractivity contribution >= 4 is 5.69 Å². The Labute approximate surface area is 85.5 Å². The topological polar surface area (TPSA) is 12.5 Å². The van der Waals surface area contributed by atoms with E-state index in [1.165, 1.54) is 5.69 Å². The van der Waals surface area contributed by atoms with Crippen LogP contribution in [0.15, 0.2) is 24.3 Å². The predicted octanol–water partition coefficient (Wildman–Crippen LogP) is 2.54. The first-order chi connectivity index (χ1) is 6.77. The number of hydrogen-bond acceptors (Lipinski definition) is 2. The summed E-state index contributed by atoms with van der Waals surface area (Å²) in [5, 5.41) is 0. The maximum Gasteiger partial charge on any atom is 0.142 e. The van der Waals surface area contributed by atoms with Gasteiger partial charge in [0.2, 0.25) is 0 Å². The van der Waals surface area contributed by atoms with Crippen molar-refractivity contribution in [1.82, 2.24) is 0 Å². The first kappa shape index (κ1) is 9.38. The van der Waals surface area contributed by atoms with Gasteiger partial charge in [0.25, 0.3) is 0 Å². The number of ether oxygens (including phenoxy) is 1. The third kappa shape index (κ3) is 1.84. The van der Waals surface area contributed by atoms with Crippen LogP contribution >= 0.6 is 0 Å². The van der Waals surface area contributed by atoms with Crippen LogP contribution in [-0.4, -0.2) is 19.7 Å². The molecule has 1 aliphatic rings. The van der Waals surface area contributed by atoms with Crippen LogP contribution in [0.4, 0.5) is 5.69 Å². The van der Waals surface area contributed by atoms with E-state index in [-0.39, 0.29) is 0 Å². The Bertz CT molecular complexity index is 309. The number of benzene rings is 1. The molecule has 0 radical (unpaired) electrons. The van der Waals surface area contributed by atoms with E-state index in [0.717, 1.165) is 25.4 Å². The Morgan fingerprint density at radius 1 is 1.36 bits per heavy atom. The number of nitrogens with zero attached hydrogens (tertiary/aromatic N) is 1.